The van der Waals surface area contributed by atoms with E-state index in [1.165, 1.54) is 0 Å². The van der Waals surface area contributed by atoms with Gasteiger partial charge in [-0.15, -0.1) is 0 Å². The highest BCUT2D eigenvalue weighted by Gasteiger charge is 2.17. The lowest BCUT2D eigenvalue weighted by molar-refractivity contribution is -0.139. The zero-order chi connectivity index (χ0) is 14.3. The Bertz CT molecular complexity index is 391. The van der Waals surface area contributed by atoms with Gasteiger partial charge in [-0.1, -0.05) is 25.5 Å². The van der Waals surface area contributed by atoms with Gasteiger partial charge in [-0.2, -0.15) is 0 Å². The van der Waals surface area contributed by atoms with Gasteiger partial charge in [0.15, 0.2) is 0 Å². The van der Waals surface area contributed by atoms with Crippen LogP contribution in [0.2, 0.25) is 0 Å². The molecule has 0 spiro atoms. The molecule has 1 aromatic carbocycles. The van der Waals surface area contributed by atoms with Crippen molar-refractivity contribution in [2.24, 2.45) is 0 Å². The van der Waals surface area contributed by atoms with Crippen molar-refractivity contribution in [3.05, 3.63) is 29.8 Å². The Balaban J connectivity index is 2.53. The number of carboxylic acid groups (broad SMARTS) is 1. The number of hydrogen-bond acceptors (Lipinski definition) is 4. The van der Waals surface area contributed by atoms with Gasteiger partial charge in [0.2, 0.25) is 0 Å². The van der Waals surface area contributed by atoms with Gasteiger partial charge in [-0.3, -0.25) is 4.79 Å². The van der Waals surface area contributed by atoms with E-state index in [2.05, 4.69) is 5.32 Å². The topological polar surface area (TPSA) is 78.8 Å². The van der Waals surface area contributed by atoms with Crippen molar-refractivity contribution in [3.8, 4) is 5.75 Å². The summed E-state index contributed by atoms with van der Waals surface area (Å²) in [5.41, 5.74) is 0.730. The molecule has 0 aliphatic heterocycles. The molecule has 1 rings (SSSR count). The van der Waals surface area contributed by atoms with Crippen LogP contribution < -0.4 is 10.1 Å². The van der Waals surface area contributed by atoms with Crippen LogP contribution in [0, 0.1) is 0 Å². The maximum absolute atomic E-state index is 11.0. The van der Waals surface area contributed by atoms with Gasteiger partial charge in [0.1, 0.15) is 11.8 Å². The summed E-state index contributed by atoms with van der Waals surface area (Å²) in [7, 11) is 1.58. The van der Waals surface area contributed by atoms with Crippen molar-refractivity contribution in [1.29, 1.82) is 0 Å². The van der Waals surface area contributed by atoms with E-state index in [9.17, 15) is 9.90 Å². The van der Waals surface area contributed by atoms with Crippen LogP contribution in [0.4, 0.5) is 0 Å². The quantitative estimate of drug-likeness (QED) is 0.666. The smallest absolute Gasteiger partial charge is 0.320 e. The molecular weight excluding hydrogens is 246 g/mol. The molecule has 0 saturated carbocycles. The van der Waals surface area contributed by atoms with E-state index in [0.717, 1.165) is 17.7 Å². The summed E-state index contributed by atoms with van der Waals surface area (Å²) in [6, 6.07) is 6.44. The molecule has 0 heterocycles. The van der Waals surface area contributed by atoms with Crippen LogP contribution >= 0.6 is 0 Å². The number of aliphatic hydroxyl groups is 1. The van der Waals surface area contributed by atoms with Crippen LogP contribution in [0.5, 0.6) is 5.75 Å². The summed E-state index contributed by atoms with van der Waals surface area (Å²) >= 11 is 0. The largest absolute Gasteiger partial charge is 0.497 e. The van der Waals surface area contributed by atoms with Crippen molar-refractivity contribution in [3.63, 3.8) is 0 Å². The first-order valence-electron chi connectivity index (χ1n) is 6.36. The van der Waals surface area contributed by atoms with E-state index in [4.69, 9.17) is 9.84 Å². The van der Waals surface area contributed by atoms with Crippen LogP contribution in [0.25, 0.3) is 0 Å². The third kappa shape index (κ3) is 4.89. The molecule has 0 amide bonds. The van der Waals surface area contributed by atoms with Crippen molar-refractivity contribution < 1.29 is 19.7 Å². The van der Waals surface area contributed by atoms with Gasteiger partial charge in [-0.05, 0) is 24.1 Å². The van der Waals surface area contributed by atoms with E-state index in [1.807, 2.05) is 6.92 Å². The lowest BCUT2D eigenvalue weighted by Gasteiger charge is -2.17. The Morgan fingerprint density at radius 3 is 2.47 bits per heavy atom. The molecule has 0 aromatic heterocycles. The number of rotatable bonds is 8. The van der Waals surface area contributed by atoms with Crippen molar-refractivity contribution in [1.82, 2.24) is 5.32 Å². The predicted molar refractivity (Wildman–Crippen MR) is 72.3 cm³/mol. The summed E-state index contributed by atoms with van der Waals surface area (Å²) in [6.07, 6.45) is 0.595. The van der Waals surface area contributed by atoms with Crippen molar-refractivity contribution in [2.45, 2.75) is 31.9 Å². The summed E-state index contributed by atoms with van der Waals surface area (Å²) in [5, 5.41) is 21.8. The third-order valence-corrected chi connectivity index (χ3v) is 2.93. The normalized spacial score (nSPS) is 13.8. The van der Waals surface area contributed by atoms with E-state index in [1.54, 1.807) is 31.4 Å². The molecule has 0 aliphatic carbocycles. The Labute approximate surface area is 113 Å². The second-order valence-electron chi connectivity index (χ2n) is 4.38. The molecule has 0 radical (unpaired) electrons. The molecule has 0 aliphatic rings. The number of carbonyl (C=O) groups is 1. The van der Waals surface area contributed by atoms with Crippen LogP contribution in [-0.4, -0.2) is 35.9 Å². The minimum absolute atomic E-state index is 0.212. The summed E-state index contributed by atoms with van der Waals surface area (Å²) in [5.74, 6) is -0.165. The lowest BCUT2D eigenvalue weighted by Crippen LogP contribution is -2.38. The number of nitrogens with one attached hydrogen (secondary N) is 1. The summed E-state index contributed by atoms with van der Waals surface area (Å²) < 4.78 is 5.04. The first kappa shape index (κ1) is 15.5. The molecule has 0 bridgehead atoms. The number of ether oxygens (including phenoxy) is 1. The van der Waals surface area contributed by atoms with E-state index < -0.39 is 18.1 Å². The van der Waals surface area contributed by atoms with Gasteiger partial charge < -0.3 is 20.3 Å². The van der Waals surface area contributed by atoms with Crippen LogP contribution in [0.1, 0.15) is 31.4 Å². The highest BCUT2D eigenvalue weighted by Crippen LogP contribution is 2.17. The van der Waals surface area contributed by atoms with Crippen molar-refractivity contribution >= 4 is 5.97 Å². The van der Waals surface area contributed by atoms with Gasteiger partial charge in [0, 0.05) is 6.54 Å². The number of benzene rings is 1. The standard InChI is InChI=1S/C14H21NO4/c1-3-4-12(14(17)18)15-9-13(16)10-5-7-11(19-2)8-6-10/h5-8,12-13,15-16H,3-4,9H2,1-2H3,(H,17,18). The Kier molecular flexibility index (Phi) is 6.32. The molecule has 5 heteroatoms. The molecule has 106 valence electrons. The number of aliphatic hydroxyl groups excluding tert-OH is 1. The molecule has 0 saturated heterocycles. The Morgan fingerprint density at radius 1 is 1.37 bits per heavy atom. The van der Waals surface area contributed by atoms with Gasteiger partial charge >= 0.3 is 5.97 Å². The first-order valence-corrected chi connectivity index (χ1v) is 6.36. The summed E-state index contributed by atoms with van der Waals surface area (Å²) in [6.45, 7) is 2.14. The van der Waals surface area contributed by atoms with E-state index in [0.29, 0.717) is 6.42 Å². The molecule has 0 fully saturated rings. The van der Waals surface area contributed by atoms with E-state index >= 15 is 0 Å². The van der Waals surface area contributed by atoms with Gasteiger partial charge in [0.25, 0.3) is 0 Å². The third-order valence-electron chi connectivity index (χ3n) is 2.93. The van der Waals surface area contributed by atoms with Gasteiger partial charge in [-0.25, -0.2) is 0 Å². The zero-order valence-electron chi connectivity index (χ0n) is 11.3. The minimum Gasteiger partial charge on any atom is -0.497 e. The Morgan fingerprint density at radius 2 is 2.00 bits per heavy atom. The zero-order valence-corrected chi connectivity index (χ0v) is 11.3. The minimum atomic E-state index is -0.885. The maximum atomic E-state index is 11.0. The lowest BCUT2D eigenvalue weighted by atomic mass is 10.1. The number of carboxylic acids is 1. The van der Waals surface area contributed by atoms with Crippen molar-refractivity contribution in [2.75, 3.05) is 13.7 Å². The van der Waals surface area contributed by atoms with Gasteiger partial charge in [0.05, 0.1) is 13.2 Å². The SMILES string of the molecule is CCCC(NCC(O)c1ccc(OC)cc1)C(=O)O. The second-order valence-corrected chi connectivity index (χ2v) is 4.38. The molecule has 5 nitrogen and oxygen atoms in total. The van der Waals surface area contributed by atoms with Crippen LogP contribution in [0.3, 0.4) is 0 Å². The molecule has 3 N–H and O–H groups in total. The highest BCUT2D eigenvalue weighted by molar-refractivity contribution is 5.73. The molecule has 1 aromatic rings. The molecular formula is C14H21NO4. The number of methoxy groups -OCH3 is 1. The molecule has 2 atom stereocenters. The first-order chi connectivity index (χ1) is 9.08. The van der Waals surface area contributed by atoms with Crippen LogP contribution in [0.15, 0.2) is 24.3 Å². The fourth-order valence-electron chi connectivity index (χ4n) is 1.80. The average Bonchev–Trinajstić information content (AvgIpc) is 2.42. The molecule has 2 unspecified atom stereocenters. The fourth-order valence-corrected chi connectivity index (χ4v) is 1.80. The van der Waals surface area contributed by atoms with Crippen LogP contribution in [-0.2, 0) is 4.79 Å². The monoisotopic (exact) mass is 267 g/mol. The predicted octanol–water partition coefficient (Wildman–Crippen LogP) is 1.57. The number of hydrogen-bond donors (Lipinski definition) is 3. The highest BCUT2D eigenvalue weighted by atomic mass is 16.5. The fraction of sp³-hybridized carbons (Fsp3) is 0.500. The van der Waals surface area contributed by atoms with E-state index in [-0.39, 0.29) is 6.54 Å². The Hall–Kier alpha value is -1.59. The average molecular weight is 267 g/mol. The second kappa shape index (κ2) is 7.76. The maximum Gasteiger partial charge on any atom is 0.320 e. The number of aliphatic carboxylic acids is 1. The molecule has 19 heavy (non-hydrogen) atoms. The summed E-state index contributed by atoms with van der Waals surface area (Å²) in [4.78, 5) is 11.0.